The first-order valence-electron chi connectivity index (χ1n) is 11.3. The number of rotatable bonds is 11. The van der Waals surface area contributed by atoms with Crippen LogP contribution in [-0.4, -0.2) is 92.5 Å². The van der Waals surface area contributed by atoms with Crippen LogP contribution in [0.2, 0.25) is 0 Å². The average Bonchev–Trinajstić information content (AvgIpc) is 2.82. The van der Waals surface area contributed by atoms with Crippen molar-refractivity contribution in [2.24, 2.45) is 0 Å². The number of ether oxygens (including phenoxy) is 6. The molecule has 0 radical (unpaired) electrons. The Morgan fingerprint density at radius 2 is 1.02 bits per heavy atom. The van der Waals surface area contributed by atoms with Crippen molar-refractivity contribution in [1.29, 1.82) is 0 Å². The van der Waals surface area contributed by atoms with E-state index in [1.54, 1.807) is 6.92 Å². The van der Waals surface area contributed by atoms with Crippen molar-refractivity contribution in [3.05, 3.63) is 0 Å². The Balaban J connectivity index is 3.65. The highest BCUT2D eigenvalue weighted by atomic mass is 19.4. The molecule has 0 amide bonds. The lowest BCUT2D eigenvalue weighted by Gasteiger charge is -2.44. The van der Waals surface area contributed by atoms with Gasteiger partial charge in [0.05, 0.1) is 0 Å². The molecular formula is C20H20F12O10. The van der Waals surface area contributed by atoms with Crippen LogP contribution in [0.25, 0.3) is 0 Å². The number of hydrogen-bond donors (Lipinski definition) is 0. The molecule has 0 aliphatic carbocycles. The summed E-state index contributed by atoms with van der Waals surface area (Å²) in [6.45, 7) is -0.733. The normalized spacial score (nSPS) is 23.6. The molecule has 1 saturated heterocycles. The standard InChI is InChI=1S/C20H20F12O10/c1-2-3-4-5-6-37-12-11(42-16(36)20(30,31)32)10(41-15(35)19(27,28)29)9(40-14(34)18(24,25)26)8(39-12)7-38-13(33)17(21,22)23/h8-12H,2-7H2,1H3/t8-,9-,10+,11-,12-/m1/s1. The molecule has 0 aromatic rings. The van der Waals surface area contributed by atoms with E-state index in [9.17, 15) is 71.9 Å². The van der Waals surface area contributed by atoms with Crippen LogP contribution < -0.4 is 0 Å². The second-order valence-corrected chi connectivity index (χ2v) is 8.17. The Labute approximate surface area is 226 Å². The van der Waals surface area contributed by atoms with E-state index in [-0.39, 0.29) is 6.42 Å². The summed E-state index contributed by atoms with van der Waals surface area (Å²) < 4.78 is 179. The van der Waals surface area contributed by atoms with E-state index in [2.05, 4.69) is 18.9 Å². The number of unbranched alkanes of at least 4 members (excludes halogenated alkanes) is 3. The summed E-state index contributed by atoms with van der Waals surface area (Å²) in [6.07, 6.45) is -37.1. The molecule has 1 aliphatic rings. The summed E-state index contributed by atoms with van der Waals surface area (Å²) in [4.78, 5) is 45.6. The molecule has 5 atom stereocenters. The number of esters is 4. The third-order valence-corrected chi connectivity index (χ3v) is 4.91. The monoisotopic (exact) mass is 648 g/mol. The molecule has 0 aromatic heterocycles. The molecule has 0 bridgehead atoms. The second-order valence-electron chi connectivity index (χ2n) is 8.17. The van der Waals surface area contributed by atoms with Crippen molar-refractivity contribution < 1.29 is 100 Å². The van der Waals surface area contributed by atoms with E-state index >= 15 is 0 Å². The largest absolute Gasteiger partial charge is 0.490 e. The fraction of sp³-hybridized carbons (Fsp3) is 0.800. The molecule has 0 N–H and O–H groups in total. The molecular weight excluding hydrogens is 628 g/mol. The van der Waals surface area contributed by atoms with Gasteiger partial charge in [-0.3, -0.25) is 0 Å². The maximum absolute atomic E-state index is 13.0. The lowest BCUT2D eigenvalue weighted by Crippen LogP contribution is -2.64. The molecule has 22 heteroatoms. The zero-order chi connectivity index (χ0) is 32.7. The Morgan fingerprint density at radius 3 is 1.45 bits per heavy atom. The SMILES string of the molecule is CCCCCCO[C@@H]1O[C@H](COC(=O)C(F)(F)F)[C@@H](OC(=O)C(F)(F)F)[C@H](OC(=O)C(F)(F)F)[C@H]1OC(=O)C(F)(F)F. The zero-order valence-electron chi connectivity index (χ0n) is 20.7. The van der Waals surface area contributed by atoms with Crippen LogP contribution in [0, 0.1) is 0 Å². The zero-order valence-corrected chi connectivity index (χ0v) is 20.7. The van der Waals surface area contributed by atoms with Gasteiger partial charge in [0.2, 0.25) is 0 Å². The molecule has 0 unspecified atom stereocenters. The van der Waals surface area contributed by atoms with Crippen molar-refractivity contribution in [3.8, 4) is 0 Å². The van der Waals surface area contributed by atoms with Crippen LogP contribution in [0.4, 0.5) is 52.7 Å². The predicted molar refractivity (Wildman–Crippen MR) is 104 cm³/mol. The van der Waals surface area contributed by atoms with Crippen molar-refractivity contribution in [2.45, 2.75) is 88.0 Å². The minimum Gasteiger partial charge on any atom is -0.456 e. The first-order valence-corrected chi connectivity index (χ1v) is 11.3. The average molecular weight is 648 g/mol. The van der Waals surface area contributed by atoms with Gasteiger partial charge in [-0.15, -0.1) is 0 Å². The van der Waals surface area contributed by atoms with E-state index in [0.29, 0.717) is 19.3 Å². The van der Waals surface area contributed by atoms with Gasteiger partial charge in [-0.05, 0) is 6.42 Å². The van der Waals surface area contributed by atoms with Crippen LogP contribution >= 0.6 is 0 Å². The number of hydrogen-bond acceptors (Lipinski definition) is 10. The number of alkyl halides is 12. The molecule has 42 heavy (non-hydrogen) atoms. The maximum Gasteiger partial charge on any atom is 0.490 e. The molecule has 0 saturated carbocycles. The number of carbonyl (C=O) groups is 4. The molecule has 1 rings (SSSR count). The van der Waals surface area contributed by atoms with E-state index < -0.39 is 92.5 Å². The Kier molecular flexibility index (Phi) is 12.7. The van der Waals surface area contributed by atoms with E-state index in [1.165, 1.54) is 0 Å². The maximum atomic E-state index is 13.0. The van der Waals surface area contributed by atoms with Gasteiger partial charge in [-0.1, -0.05) is 26.2 Å². The fourth-order valence-electron chi connectivity index (χ4n) is 3.09. The summed E-state index contributed by atoms with van der Waals surface area (Å²) in [5.41, 5.74) is 0. The summed E-state index contributed by atoms with van der Waals surface area (Å²) in [6, 6.07) is 0. The highest BCUT2D eigenvalue weighted by Crippen LogP contribution is 2.34. The van der Waals surface area contributed by atoms with Gasteiger partial charge in [0.1, 0.15) is 12.7 Å². The van der Waals surface area contributed by atoms with Crippen LogP contribution in [0.5, 0.6) is 0 Å². The van der Waals surface area contributed by atoms with Crippen molar-refractivity contribution in [2.75, 3.05) is 13.2 Å². The van der Waals surface area contributed by atoms with Gasteiger partial charge in [0.15, 0.2) is 24.6 Å². The van der Waals surface area contributed by atoms with E-state index in [0.717, 1.165) is 0 Å². The molecule has 1 fully saturated rings. The Morgan fingerprint density at radius 1 is 0.595 bits per heavy atom. The molecule has 244 valence electrons. The summed E-state index contributed by atoms with van der Waals surface area (Å²) in [5, 5.41) is 0. The van der Waals surface area contributed by atoms with Gasteiger partial charge < -0.3 is 28.4 Å². The summed E-state index contributed by atoms with van der Waals surface area (Å²) in [7, 11) is 0. The fourth-order valence-corrected chi connectivity index (χ4v) is 3.09. The van der Waals surface area contributed by atoms with Crippen LogP contribution in [-0.2, 0) is 47.6 Å². The molecule has 1 aliphatic heterocycles. The van der Waals surface area contributed by atoms with Gasteiger partial charge >= 0.3 is 48.6 Å². The molecule has 0 spiro atoms. The topological polar surface area (TPSA) is 124 Å². The smallest absolute Gasteiger partial charge is 0.456 e. The first-order chi connectivity index (χ1) is 19.0. The van der Waals surface area contributed by atoms with Crippen LogP contribution in [0.1, 0.15) is 32.6 Å². The Bertz CT molecular complexity index is 944. The lowest BCUT2D eigenvalue weighted by atomic mass is 9.98. The second kappa shape index (κ2) is 14.4. The minimum absolute atomic E-state index is 0.0286. The molecule has 0 aromatic carbocycles. The minimum atomic E-state index is -6.02. The van der Waals surface area contributed by atoms with Crippen molar-refractivity contribution in [3.63, 3.8) is 0 Å². The third kappa shape index (κ3) is 11.3. The first kappa shape index (κ1) is 37.0. The third-order valence-electron chi connectivity index (χ3n) is 4.91. The lowest BCUT2D eigenvalue weighted by molar-refractivity contribution is -0.321. The number of carbonyl (C=O) groups excluding carboxylic acids is 4. The van der Waals surface area contributed by atoms with Crippen LogP contribution in [0.15, 0.2) is 0 Å². The van der Waals surface area contributed by atoms with Gasteiger partial charge in [0, 0.05) is 6.61 Å². The van der Waals surface area contributed by atoms with E-state index in [4.69, 9.17) is 9.47 Å². The van der Waals surface area contributed by atoms with Gasteiger partial charge in [-0.25, -0.2) is 19.2 Å². The van der Waals surface area contributed by atoms with Crippen molar-refractivity contribution in [1.82, 2.24) is 0 Å². The molecule has 10 nitrogen and oxygen atoms in total. The highest BCUT2D eigenvalue weighted by Gasteiger charge is 2.59. The summed E-state index contributed by atoms with van der Waals surface area (Å²) >= 11 is 0. The van der Waals surface area contributed by atoms with E-state index in [1.807, 2.05) is 0 Å². The molecule has 1 heterocycles. The number of halogens is 12. The van der Waals surface area contributed by atoms with Gasteiger partial charge in [-0.2, -0.15) is 52.7 Å². The van der Waals surface area contributed by atoms with Crippen LogP contribution in [0.3, 0.4) is 0 Å². The van der Waals surface area contributed by atoms with Gasteiger partial charge in [0.25, 0.3) is 0 Å². The quantitative estimate of drug-likeness (QED) is 0.141. The Hall–Kier alpha value is -3.04. The summed E-state index contributed by atoms with van der Waals surface area (Å²) in [5.74, 6) is -12.9. The van der Waals surface area contributed by atoms with Crippen molar-refractivity contribution >= 4 is 23.9 Å². The highest BCUT2D eigenvalue weighted by molar-refractivity contribution is 5.78. The predicted octanol–water partition coefficient (Wildman–Crippen LogP) is 3.84.